The molecule has 490 valence electrons. The molecule has 4 aliphatic rings. The van der Waals surface area contributed by atoms with Crippen molar-refractivity contribution in [2.45, 2.75) is 168 Å². The first kappa shape index (κ1) is 82.0. The molecule has 26 heteroatoms. The number of aromatic hydroxyl groups is 3. The summed E-state index contributed by atoms with van der Waals surface area (Å²) < 4.78 is 16.9. The van der Waals surface area contributed by atoms with E-state index < -0.39 is 0 Å². The molecule has 0 bridgehead atoms. The van der Waals surface area contributed by atoms with Gasteiger partial charge in [0.25, 0.3) is 0 Å². The van der Waals surface area contributed by atoms with Crippen LogP contribution in [0.15, 0.2) is 112 Å². The molecule has 0 saturated carbocycles. The third kappa shape index (κ3) is 36.7. The Morgan fingerprint density at radius 1 is 0.644 bits per heavy atom. The van der Waals surface area contributed by atoms with Gasteiger partial charge in [0.05, 0.1) is 12.0 Å². The molecule has 1 atom stereocenters. The fourth-order valence-electron chi connectivity index (χ4n) is 5.62. The van der Waals surface area contributed by atoms with Gasteiger partial charge in [0.2, 0.25) is 29.0 Å². The first-order valence-electron chi connectivity index (χ1n) is 28.6. The second-order valence-electron chi connectivity index (χ2n) is 22.2. The van der Waals surface area contributed by atoms with Crippen LogP contribution in [0, 0.1) is 35.5 Å². The van der Waals surface area contributed by atoms with Crippen LogP contribution in [0.3, 0.4) is 0 Å². The van der Waals surface area contributed by atoms with Crippen molar-refractivity contribution in [3.63, 3.8) is 0 Å². The standard InChI is InChI=1S/C8H10O3.C7H10O2.C7H10OS.2C6H10N2O.C6H10N2S.C6H11NOS.C5H9N3.2C5H11NO/c1-5(2)6-3-11-4-7(9)8(6)10;2*1-5(2)7-3-6(8)4-9-7;3*1-4(2)6-7-5(3)9-8-6;1-4(2)6-5(8)3-9-7-6;1-4(2)5-6-3-7-8-5;2*1-4(2)5(7)6-3/h3-5,9H,1-2H3;2*3-5,8H,1-2H3;3*4H,3H2,1-2H3,(H,7,8);4-5,8H,3H2,1-2H3;3-4H,1-2H3,(H,6,7,8);2*4H,1-3H3,(H,6,7). The van der Waals surface area contributed by atoms with E-state index in [0.717, 1.165) is 51.8 Å². The smallest absolute Gasteiger partial charge is 0.240 e. The number of hydroxylamine groups is 2. The number of nitrogens with zero attached hydrogens (tertiary/aromatic N) is 6. The number of aliphatic hydroxyl groups excluding tert-OH is 1. The molecule has 0 saturated heterocycles. The summed E-state index contributed by atoms with van der Waals surface area (Å²) in [7, 11) is 3.28. The van der Waals surface area contributed by atoms with Crippen molar-refractivity contribution < 1.29 is 48.5 Å². The van der Waals surface area contributed by atoms with Gasteiger partial charge < -0.3 is 54.3 Å². The Labute approximate surface area is 529 Å². The Morgan fingerprint density at radius 3 is 1.36 bits per heavy atom. The number of carbonyl (C=O) groups excluding carboxylic acids is 2. The van der Waals surface area contributed by atoms with Gasteiger partial charge in [-0.05, 0) is 48.9 Å². The van der Waals surface area contributed by atoms with Gasteiger partial charge in [0.1, 0.15) is 64.8 Å². The van der Waals surface area contributed by atoms with E-state index in [-0.39, 0.29) is 52.6 Å². The van der Waals surface area contributed by atoms with Crippen LogP contribution >= 0.6 is 35.2 Å². The van der Waals surface area contributed by atoms with E-state index in [1.807, 2.05) is 103 Å². The number of amidine groups is 3. The van der Waals surface area contributed by atoms with Gasteiger partial charge in [0, 0.05) is 95.1 Å². The highest BCUT2D eigenvalue weighted by Crippen LogP contribution is 2.27. The van der Waals surface area contributed by atoms with Crippen LogP contribution in [0.4, 0.5) is 0 Å². The van der Waals surface area contributed by atoms with Gasteiger partial charge in [0.15, 0.2) is 11.5 Å². The predicted molar refractivity (Wildman–Crippen MR) is 358 cm³/mol. The zero-order valence-electron chi connectivity index (χ0n) is 55.3. The first-order valence-corrected chi connectivity index (χ1v) is 31.3. The van der Waals surface area contributed by atoms with Crippen molar-refractivity contribution in [1.29, 1.82) is 0 Å². The maximum Gasteiger partial charge on any atom is 0.240 e. The summed E-state index contributed by atoms with van der Waals surface area (Å²) in [6.07, 6.45) is 4.99. The summed E-state index contributed by atoms with van der Waals surface area (Å²) in [5, 5.41) is 50.0. The number of aromatic nitrogens is 3. The molecule has 10 N–H and O–H groups in total. The van der Waals surface area contributed by atoms with E-state index in [9.17, 15) is 19.5 Å². The van der Waals surface area contributed by atoms with E-state index in [1.165, 1.54) is 47.6 Å². The number of carbonyl (C=O) groups is 2. The van der Waals surface area contributed by atoms with Crippen molar-refractivity contribution >= 4 is 70.3 Å². The van der Waals surface area contributed by atoms with Crippen LogP contribution in [0.1, 0.15) is 184 Å². The average molecular weight is 1280 g/mol. The number of hydrogen-bond acceptors (Lipinski definition) is 23. The fourth-order valence-corrected chi connectivity index (χ4v) is 7.92. The van der Waals surface area contributed by atoms with E-state index in [4.69, 9.17) is 33.8 Å². The molecule has 87 heavy (non-hydrogen) atoms. The first-order chi connectivity index (χ1) is 40.5. The monoisotopic (exact) mass is 1270 g/mol. The number of nitrogens with one attached hydrogen (secondary N) is 6. The minimum Gasteiger partial charge on any atom is -0.507 e. The second-order valence-corrected chi connectivity index (χ2v) is 24.8. The highest BCUT2D eigenvalue weighted by Gasteiger charge is 2.21. The summed E-state index contributed by atoms with van der Waals surface area (Å²) in [4.78, 5) is 58.8. The number of hydrogen-bond donors (Lipinski definition) is 10. The molecule has 1 unspecified atom stereocenters. The van der Waals surface area contributed by atoms with Crippen LogP contribution in [0.2, 0.25) is 0 Å². The van der Waals surface area contributed by atoms with Gasteiger partial charge >= 0.3 is 0 Å². The summed E-state index contributed by atoms with van der Waals surface area (Å²) in [5.74, 6) is 9.90. The molecule has 2 amide bonds. The Kier molecular flexibility index (Phi) is 41.9. The Hall–Kier alpha value is -7.03. The molecule has 0 aromatic carbocycles. The lowest BCUT2D eigenvalue weighted by Crippen LogP contribution is -2.22. The van der Waals surface area contributed by atoms with Crippen LogP contribution in [-0.4, -0.2) is 96.6 Å². The van der Waals surface area contributed by atoms with E-state index in [1.54, 1.807) is 36.9 Å². The molecule has 0 spiro atoms. The fraction of sp³-hybridized carbons (Fsp3) is 0.557. The van der Waals surface area contributed by atoms with Crippen LogP contribution < -0.4 is 31.7 Å². The van der Waals surface area contributed by atoms with E-state index >= 15 is 0 Å². The van der Waals surface area contributed by atoms with Crippen LogP contribution in [-0.2, 0) is 19.3 Å². The normalized spacial score (nSPS) is 14.2. The number of furan rings is 1. The van der Waals surface area contributed by atoms with Gasteiger partial charge in [-0.15, -0.1) is 11.3 Å². The highest BCUT2D eigenvalue weighted by atomic mass is 32.2. The number of H-pyrrole nitrogens is 1. The summed E-state index contributed by atoms with van der Waals surface area (Å²) >= 11 is 4.55. The molecule has 4 aliphatic heterocycles. The number of aromatic amines is 1. The van der Waals surface area contributed by atoms with Crippen LogP contribution in [0.25, 0.3) is 0 Å². The van der Waals surface area contributed by atoms with Gasteiger partial charge in [-0.1, -0.05) is 145 Å². The minimum absolute atomic E-state index is 0.0818. The molecule has 0 aliphatic carbocycles. The van der Waals surface area contributed by atoms with Crippen LogP contribution in [0.5, 0.6) is 17.2 Å². The maximum atomic E-state index is 11.1. The molecular formula is C61H102N12O11S3. The van der Waals surface area contributed by atoms with Crippen molar-refractivity contribution in [2.75, 3.05) is 19.8 Å². The molecule has 4 aromatic rings. The molecule has 8 rings (SSSR count). The lowest BCUT2D eigenvalue weighted by molar-refractivity contribution is -0.124. The largest absolute Gasteiger partial charge is 0.507 e. The number of amides is 2. The highest BCUT2D eigenvalue weighted by molar-refractivity contribution is 8.02. The number of aliphatic hydroxyl groups is 1. The van der Waals surface area contributed by atoms with Gasteiger partial charge in [-0.25, -0.2) is 25.3 Å². The molecule has 8 heterocycles. The van der Waals surface area contributed by atoms with Gasteiger partial charge in [-0.2, -0.15) is 15.1 Å². The Morgan fingerprint density at radius 2 is 1.16 bits per heavy atom. The summed E-state index contributed by atoms with van der Waals surface area (Å²) in [5.41, 5.74) is 6.42. The molecule has 0 fully saturated rings. The average Bonchev–Trinajstić information content (AvgIpc) is 4.21. The topological polar surface area (TPSA) is 328 Å². The summed E-state index contributed by atoms with van der Waals surface area (Å²) in [6, 6.07) is 3.44. The molecule has 4 aromatic heterocycles. The number of rotatable bonds is 10. The predicted octanol–water partition coefficient (Wildman–Crippen LogP) is 12.8. The Bertz CT molecular complexity index is 2650. The van der Waals surface area contributed by atoms with Crippen molar-refractivity contribution in [3.05, 3.63) is 111 Å². The minimum atomic E-state index is -0.341. The SMILES string of the molecule is C=C1N=C(C(C)C)NO1.C=C1N=C(C(C)C)NO1.C=C1N=C(C(C)C)NS1.CC(C)C1=NSCC1O.CC(C)c1cc(O)co1.CC(C)c1cc(O)cs1.CC(C)c1cocc(O)c1=O.CC(C)c1ncn[nH]1.CNC(=O)C(C)C.CNC(=O)C(C)C. The maximum absolute atomic E-state index is 11.1. The third-order valence-electron chi connectivity index (χ3n) is 10.9. The summed E-state index contributed by atoms with van der Waals surface area (Å²) in [6.45, 7) is 50.7. The molecule has 0 radical (unpaired) electrons. The second kappa shape index (κ2) is 44.4. The lowest BCUT2D eigenvalue weighted by Gasteiger charge is -2.06. The molecule has 23 nitrogen and oxygen atoms in total. The molecular weight excluding hydrogens is 1170 g/mol. The van der Waals surface area contributed by atoms with Crippen molar-refractivity contribution in [1.82, 2.24) is 41.5 Å². The van der Waals surface area contributed by atoms with E-state index in [2.05, 4.69) is 122 Å². The number of thiophene rings is 1. The lowest BCUT2D eigenvalue weighted by atomic mass is 10.0. The van der Waals surface area contributed by atoms with Crippen molar-refractivity contribution in [3.8, 4) is 17.2 Å². The third-order valence-corrected chi connectivity index (χ3v) is 13.6. The van der Waals surface area contributed by atoms with Crippen molar-refractivity contribution in [2.24, 2.45) is 54.9 Å². The van der Waals surface area contributed by atoms with Gasteiger partial charge in [-0.3, -0.25) is 19.5 Å². The Balaban J connectivity index is 0. The quantitative estimate of drug-likeness (QED) is 0.0660. The van der Waals surface area contributed by atoms with E-state index in [0.29, 0.717) is 64.5 Å². The zero-order valence-corrected chi connectivity index (χ0v) is 57.7. The zero-order chi connectivity index (χ0) is 67.3. The number of aliphatic imine (C=N–C) groups is 3.